The maximum atomic E-state index is 12.1. The summed E-state index contributed by atoms with van der Waals surface area (Å²) in [7, 11) is 0. The molecular formula is C15H17N3O2. The van der Waals surface area contributed by atoms with Gasteiger partial charge in [0.1, 0.15) is 11.8 Å². The van der Waals surface area contributed by atoms with Crippen molar-refractivity contribution in [2.45, 2.75) is 32.9 Å². The molecule has 5 heteroatoms. The second-order valence-electron chi connectivity index (χ2n) is 5.03. The number of carbonyl (C=O) groups is 1. The number of aryl methyl sites for hydroxylation is 2. The van der Waals surface area contributed by atoms with E-state index in [1.807, 2.05) is 38.1 Å². The van der Waals surface area contributed by atoms with Gasteiger partial charge >= 0.3 is 0 Å². The van der Waals surface area contributed by atoms with E-state index in [9.17, 15) is 4.79 Å². The summed E-state index contributed by atoms with van der Waals surface area (Å²) in [5, 5.41) is 6.08. The third-order valence-electron chi connectivity index (χ3n) is 3.57. The molecule has 1 amide bonds. The van der Waals surface area contributed by atoms with Crippen molar-refractivity contribution in [3.05, 3.63) is 47.2 Å². The van der Waals surface area contributed by atoms with Crippen LogP contribution in [0.15, 0.2) is 28.7 Å². The zero-order valence-corrected chi connectivity index (χ0v) is 11.6. The molecule has 20 heavy (non-hydrogen) atoms. The van der Waals surface area contributed by atoms with E-state index in [1.165, 1.54) is 5.56 Å². The lowest BCUT2D eigenvalue weighted by atomic mass is 10.1. The number of fused-ring (bicyclic) bond motifs is 1. The Kier molecular flexibility index (Phi) is 3.18. The van der Waals surface area contributed by atoms with E-state index in [2.05, 4.69) is 15.6 Å². The second-order valence-corrected chi connectivity index (χ2v) is 5.03. The molecule has 0 bridgehead atoms. The number of nitrogens with zero attached hydrogens (tertiary/aromatic N) is 1. The summed E-state index contributed by atoms with van der Waals surface area (Å²) < 4.78 is 5.44. The molecule has 3 rings (SSSR count). The van der Waals surface area contributed by atoms with E-state index in [0.29, 0.717) is 18.9 Å². The standard InChI is InChI=1S/C15H17N3O2/c1-9-10(2)20-14(17-9)8-16-15(19)13-7-11-5-3-4-6-12(11)18-13/h3-6,13,18H,7-8H2,1-2H3,(H,16,19)/t13-/m0/s1. The van der Waals surface area contributed by atoms with E-state index < -0.39 is 0 Å². The van der Waals surface area contributed by atoms with Gasteiger partial charge in [0.05, 0.1) is 12.2 Å². The minimum atomic E-state index is -0.218. The molecule has 1 aliphatic heterocycles. The average Bonchev–Trinajstić information content (AvgIpc) is 3.00. The number of para-hydroxylation sites is 1. The first kappa shape index (κ1) is 12.7. The molecule has 2 N–H and O–H groups in total. The number of anilines is 1. The largest absolute Gasteiger partial charge is 0.444 e. The first-order valence-electron chi connectivity index (χ1n) is 6.68. The Morgan fingerprint density at radius 3 is 2.95 bits per heavy atom. The van der Waals surface area contributed by atoms with Gasteiger partial charge in [0.25, 0.3) is 0 Å². The highest BCUT2D eigenvalue weighted by atomic mass is 16.4. The zero-order valence-electron chi connectivity index (χ0n) is 11.6. The van der Waals surface area contributed by atoms with Crippen molar-refractivity contribution in [1.29, 1.82) is 0 Å². The molecule has 2 aromatic rings. The highest BCUT2D eigenvalue weighted by Gasteiger charge is 2.26. The Bertz CT molecular complexity index is 604. The molecule has 1 aromatic carbocycles. The van der Waals surface area contributed by atoms with Crippen molar-refractivity contribution in [1.82, 2.24) is 10.3 Å². The SMILES string of the molecule is Cc1nc(CNC(=O)[C@@H]2Cc3ccccc3N2)oc1C. The molecule has 5 nitrogen and oxygen atoms in total. The molecule has 0 radical (unpaired) electrons. The number of rotatable bonds is 3. The van der Waals surface area contributed by atoms with Crippen molar-refractivity contribution >= 4 is 11.6 Å². The predicted molar refractivity (Wildman–Crippen MR) is 75.4 cm³/mol. The number of oxazole rings is 1. The summed E-state index contributed by atoms with van der Waals surface area (Å²) in [5.41, 5.74) is 3.08. The third-order valence-corrected chi connectivity index (χ3v) is 3.57. The van der Waals surface area contributed by atoms with E-state index in [1.54, 1.807) is 0 Å². The van der Waals surface area contributed by atoms with Gasteiger partial charge in [0.15, 0.2) is 0 Å². The van der Waals surface area contributed by atoms with Crippen LogP contribution in [-0.4, -0.2) is 16.9 Å². The number of aromatic nitrogens is 1. The fourth-order valence-electron chi connectivity index (χ4n) is 2.36. The number of hydrogen-bond donors (Lipinski definition) is 2. The third kappa shape index (κ3) is 2.39. The van der Waals surface area contributed by atoms with Crippen molar-refractivity contribution < 1.29 is 9.21 Å². The lowest BCUT2D eigenvalue weighted by Crippen LogP contribution is -2.38. The van der Waals surface area contributed by atoms with Gasteiger partial charge < -0.3 is 15.1 Å². The first-order valence-corrected chi connectivity index (χ1v) is 6.68. The normalized spacial score (nSPS) is 16.6. The fraction of sp³-hybridized carbons (Fsp3) is 0.333. The van der Waals surface area contributed by atoms with Gasteiger partial charge in [-0.25, -0.2) is 4.98 Å². The summed E-state index contributed by atoms with van der Waals surface area (Å²) in [4.78, 5) is 16.4. The number of nitrogens with one attached hydrogen (secondary N) is 2. The monoisotopic (exact) mass is 271 g/mol. The summed E-state index contributed by atoms with van der Waals surface area (Å²) in [6.07, 6.45) is 0.714. The molecule has 0 aliphatic carbocycles. The van der Waals surface area contributed by atoms with Gasteiger partial charge in [0.2, 0.25) is 11.8 Å². The smallest absolute Gasteiger partial charge is 0.243 e. The van der Waals surface area contributed by atoms with Crippen LogP contribution in [0.4, 0.5) is 5.69 Å². The van der Waals surface area contributed by atoms with Crippen LogP contribution in [-0.2, 0) is 17.8 Å². The van der Waals surface area contributed by atoms with Gasteiger partial charge in [-0.05, 0) is 25.5 Å². The molecule has 1 aromatic heterocycles. The fourth-order valence-corrected chi connectivity index (χ4v) is 2.36. The van der Waals surface area contributed by atoms with Crippen molar-refractivity contribution in [3.8, 4) is 0 Å². The maximum absolute atomic E-state index is 12.1. The van der Waals surface area contributed by atoms with Crippen LogP contribution in [0.2, 0.25) is 0 Å². The van der Waals surface area contributed by atoms with Crippen LogP contribution in [0.1, 0.15) is 22.9 Å². The molecule has 0 spiro atoms. The number of hydrogen-bond acceptors (Lipinski definition) is 4. The summed E-state index contributed by atoms with van der Waals surface area (Å²) in [6, 6.07) is 7.76. The minimum absolute atomic E-state index is 0.0327. The highest BCUT2D eigenvalue weighted by molar-refractivity contribution is 5.87. The van der Waals surface area contributed by atoms with Gasteiger partial charge in [-0.15, -0.1) is 0 Å². The number of carbonyl (C=O) groups excluding carboxylic acids is 1. The highest BCUT2D eigenvalue weighted by Crippen LogP contribution is 2.25. The van der Waals surface area contributed by atoms with Gasteiger partial charge in [-0.2, -0.15) is 0 Å². The summed E-state index contributed by atoms with van der Waals surface area (Å²) >= 11 is 0. The average molecular weight is 271 g/mol. The van der Waals surface area contributed by atoms with Crippen molar-refractivity contribution in [3.63, 3.8) is 0 Å². The lowest BCUT2D eigenvalue weighted by molar-refractivity contribution is -0.122. The van der Waals surface area contributed by atoms with Gasteiger partial charge in [0, 0.05) is 12.1 Å². The molecule has 0 saturated heterocycles. The lowest BCUT2D eigenvalue weighted by Gasteiger charge is -2.10. The quantitative estimate of drug-likeness (QED) is 0.895. The molecule has 0 saturated carbocycles. The summed E-state index contributed by atoms with van der Waals surface area (Å²) in [6.45, 7) is 4.07. The molecule has 0 unspecified atom stereocenters. The van der Waals surface area contributed by atoms with Gasteiger partial charge in [-0.1, -0.05) is 18.2 Å². The Labute approximate surface area is 117 Å². The molecular weight excluding hydrogens is 254 g/mol. The molecule has 104 valence electrons. The van der Waals surface area contributed by atoms with Crippen LogP contribution < -0.4 is 10.6 Å². The van der Waals surface area contributed by atoms with Crippen molar-refractivity contribution in [2.75, 3.05) is 5.32 Å². The minimum Gasteiger partial charge on any atom is -0.444 e. The molecule has 2 heterocycles. The molecule has 1 aliphatic rings. The summed E-state index contributed by atoms with van der Waals surface area (Å²) in [5.74, 6) is 1.30. The Morgan fingerprint density at radius 1 is 1.45 bits per heavy atom. The van der Waals surface area contributed by atoms with E-state index in [0.717, 1.165) is 17.1 Å². The topological polar surface area (TPSA) is 67.2 Å². The molecule has 1 atom stereocenters. The van der Waals surface area contributed by atoms with E-state index in [4.69, 9.17) is 4.42 Å². The van der Waals surface area contributed by atoms with Crippen LogP contribution >= 0.6 is 0 Å². The van der Waals surface area contributed by atoms with Crippen LogP contribution in [0, 0.1) is 13.8 Å². The first-order chi connectivity index (χ1) is 9.63. The predicted octanol–water partition coefficient (Wildman–Crippen LogP) is 1.94. The Balaban J connectivity index is 1.59. The van der Waals surface area contributed by atoms with E-state index >= 15 is 0 Å². The second kappa shape index (κ2) is 5.00. The van der Waals surface area contributed by atoms with Crippen molar-refractivity contribution in [2.24, 2.45) is 0 Å². The maximum Gasteiger partial charge on any atom is 0.243 e. The Hall–Kier alpha value is -2.30. The van der Waals surface area contributed by atoms with Crippen LogP contribution in [0.3, 0.4) is 0 Å². The number of benzene rings is 1. The zero-order chi connectivity index (χ0) is 14.1. The Morgan fingerprint density at radius 2 is 2.25 bits per heavy atom. The van der Waals surface area contributed by atoms with Crippen LogP contribution in [0.5, 0.6) is 0 Å². The van der Waals surface area contributed by atoms with Crippen LogP contribution in [0.25, 0.3) is 0 Å². The number of amides is 1. The van der Waals surface area contributed by atoms with Gasteiger partial charge in [-0.3, -0.25) is 4.79 Å². The van der Waals surface area contributed by atoms with E-state index in [-0.39, 0.29) is 11.9 Å². The molecule has 0 fully saturated rings.